The molecule has 1 aliphatic carbocycles. The van der Waals surface area contributed by atoms with E-state index >= 15 is 0 Å². The maximum atomic E-state index is 11.2. The summed E-state index contributed by atoms with van der Waals surface area (Å²) in [5.41, 5.74) is 0. The lowest BCUT2D eigenvalue weighted by Gasteiger charge is -2.19. The highest BCUT2D eigenvalue weighted by molar-refractivity contribution is 7.91. The predicted octanol–water partition coefficient (Wildman–Crippen LogP) is -0.324. The molecular formula is C9H17NO3S. The van der Waals surface area contributed by atoms with Crippen LogP contribution in [0.25, 0.3) is 0 Å². The van der Waals surface area contributed by atoms with Gasteiger partial charge in [-0.2, -0.15) is 0 Å². The predicted molar refractivity (Wildman–Crippen MR) is 53.8 cm³/mol. The Morgan fingerprint density at radius 2 is 1.79 bits per heavy atom. The molecule has 0 spiro atoms. The van der Waals surface area contributed by atoms with Gasteiger partial charge in [0.1, 0.15) is 0 Å². The Bertz CT molecular complexity index is 295. The number of hydrogen-bond donors (Lipinski definition) is 2. The highest BCUT2D eigenvalue weighted by Gasteiger charge is 2.37. The summed E-state index contributed by atoms with van der Waals surface area (Å²) in [5, 5.41) is 12.8. The molecule has 4 nitrogen and oxygen atoms in total. The summed E-state index contributed by atoms with van der Waals surface area (Å²) in [5.74, 6) is 0.0298. The minimum atomic E-state index is -3.00. The maximum absolute atomic E-state index is 11.2. The summed E-state index contributed by atoms with van der Waals surface area (Å²) in [4.78, 5) is 0. The molecule has 5 heteroatoms. The molecule has 2 aliphatic rings. The molecule has 82 valence electrons. The number of aliphatic hydroxyl groups is 1. The number of aliphatic hydroxyl groups excluding tert-OH is 1. The van der Waals surface area contributed by atoms with Gasteiger partial charge in [-0.15, -0.1) is 0 Å². The van der Waals surface area contributed by atoms with E-state index in [0.29, 0.717) is 6.04 Å². The van der Waals surface area contributed by atoms with E-state index in [1.165, 1.54) is 12.8 Å². The van der Waals surface area contributed by atoms with Crippen LogP contribution in [0.4, 0.5) is 0 Å². The molecule has 0 radical (unpaired) electrons. The molecule has 0 aromatic rings. The molecule has 0 aromatic heterocycles. The van der Waals surface area contributed by atoms with E-state index in [1.54, 1.807) is 0 Å². The van der Waals surface area contributed by atoms with Crippen molar-refractivity contribution in [1.82, 2.24) is 5.32 Å². The van der Waals surface area contributed by atoms with E-state index in [9.17, 15) is 13.5 Å². The normalized spacial score (nSPS) is 37.8. The lowest BCUT2D eigenvalue weighted by Crippen LogP contribution is -2.43. The summed E-state index contributed by atoms with van der Waals surface area (Å²) in [7, 11) is -3.00. The SMILES string of the molecule is O=S1(=O)CC(O)[C@@H](NC2CCCC2)C1. The first kappa shape index (κ1) is 10.4. The summed E-state index contributed by atoms with van der Waals surface area (Å²) in [6.45, 7) is 0. The molecule has 14 heavy (non-hydrogen) atoms. The molecule has 2 rings (SSSR count). The van der Waals surface area contributed by atoms with Crippen LogP contribution in [-0.2, 0) is 9.84 Å². The van der Waals surface area contributed by atoms with Crippen LogP contribution >= 0.6 is 0 Å². The number of sulfone groups is 1. The molecule has 1 saturated heterocycles. The van der Waals surface area contributed by atoms with Crippen molar-refractivity contribution in [3.63, 3.8) is 0 Å². The first-order valence-corrected chi connectivity index (χ1v) is 7.03. The van der Waals surface area contributed by atoms with Crippen LogP contribution in [0.3, 0.4) is 0 Å². The summed E-state index contributed by atoms with van der Waals surface area (Å²) in [6.07, 6.45) is 3.95. The quantitative estimate of drug-likeness (QED) is 0.668. The molecule has 0 bridgehead atoms. The van der Waals surface area contributed by atoms with E-state index in [1.807, 2.05) is 0 Å². The van der Waals surface area contributed by atoms with Crippen LogP contribution in [0.1, 0.15) is 25.7 Å². The van der Waals surface area contributed by atoms with Gasteiger partial charge in [0.25, 0.3) is 0 Å². The van der Waals surface area contributed by atoms with E-state index < -0.39 is 15.9 Å². The van der Waals surface area contributed by atoms with E-state index in [-0.39, 0.29) is 17.5 Å². The second kappa shape index (κ2) is 3.79. The van der Waals surface area contributed by atoms with Gasteiger partial charge in [0, 0.05) is 12.1 Å². The second-order valence-electron chi connectivity index (χ2n) is 4.40. The summed E-state index contributed by atoms with van der Waals surface area (Å²) < 4.78 is 22.5. The van der Waals surface area contributed by atoms with Gasteiger partial charge >= 0.3 is 0 Å². The standard InChI is InChI=1S/C9H17NO3S/c11-9-6-14(12,13)5-8(9)10-7-3-1-2-4-7/h7-11H,1-6H2/t8-,9?/m0/s1. The fourth-order valence-electron chi connectivity index (χ4n) is 2.38. The van der Waals surface area contributed by atoms with Gasteiger partial charge in [0.05, 0.1) is 17.6 Å². The first-order chi connectivity index (χ1) is 6.57. The molecule has 1 heterocycles. The Balaban J connectivity index is 1.92. The van der Waals surface area contributed by atoms with Crippen molar-refractivity contribution >= 4 is 9.84 Å². The molecular weight excluding hydrogens is 202 g/mol. The fourth-order valence-corrected chi connectivity index (χ4v) is 4.14. The largest absolute Gasteiger partial charge is 0.390 e. The van der Waals surface area contributed by atoms with Crippen LogP contribution in [-0.4, -0.2) is 43.2 Å². The van der Waals surface area contributed by atoms with Crippen LogP contribution in [0.15, 0.2) is 0 Å². The number of rotatable bonds is 2. The van der Waals surface area contributed by atoms with Gasteiger partial charge in [0.2, 0.25) is 0 Å². The van der Waals surface area contributed by atoms with Crippen molar-refractivity contribution in [3.05, 3.63) is 0 Å². The summed E-state index contributed by atoms with van der Waals surface area (Å²) >= 11 is 0. The zero-order valence-corrected chi connectivity index (χ0v) is 8.96. The Morgan fingerprint density at radius 1 is 1.14 bits per heavy atom. The molecule has 1 aliphatic heterocycles. The van der Waals surface area contributed by atoms with Crippen molar-refractivity contribution in [2.24, 2.45) is 0 Å². The average Bonchev–Trinajstić information content (AvgIpc) is 2.61. The highest BCUT2D eigenvalue weighted by atomic mass is 32.2. The third-order valence-electron chi connectivity index (χ3n) is 3.13. The Hall–Kier alpha value is -0.130. The average molecular weight is 219 g/mol. The highest BCUT2D eigenvalue weighted by Crippen LogP contribution is 2.21. The third kappa shape index (κ3) is 2.27. The van der Waals surface area contributed by atoms with Crippen LogP contribution in [0.5, 0.6) is 0 Å². The van der Waals surface area contributed by atoms with Gasteiger partial charge in [-0.05, 0) is 12.8 Å². The zero-order valence-electron chi connectivity index (χ0n) is 8.15. The van der Waals surface area contributed by atoms with Gasteiger partial charge in [-0.25, -0.2) is 8.42 Å². The minimum Gasteiger partial charge on any atom is -0.390 e. The lowest BCUT2D eigenvalue weighted by atomic mass is 10.1. The van der Waals surface area contributed by atoms with Gasteiger partial charge < -0.3 is 10.4 Å². The molecule has 0 aromatic carbocycles. The van der Waals surface area contributed by atoms with Crippen molar-refractivity contribution in [2.45, 2.75) is 43.9 Å². The smallest absolute Gasteiger partial charge is 0.154 e. The van der Waals surface area contributed by atoms with Crippen LogP contribution in [0.2, 0.25) is 0 Å². The van der Waals surface area contributed by atoms with Gasteiger partial charge in [-0.1, -0.05) is 12.8 Å². The monoisotopic (exact) mass is 219 g/mol. The topological polar surface area (TPSA) is 66.4 Å². The molecule has 2 N–H and O–H groups in total. The third-order valence-corrected chi connectivity index (χ3v) is 4.84. The van der Waals surface area contributed by atoms with Gasteiger partial charge in [-0.3, -0.25) is 0 Å². The van der Waals surface area contributed by atoms with Gasteiger partial charge in [0.15, 0.2) is 9.84 Å². The number of hydrogen-bond acceptors (Lipinski definition) is 4. The van der Waals surface area contributed by atoms with Crippen molar-refractivity contribution in [3.8, 4) is 0 Å². The lowest BCUT2D eigenvalue weighted by molar-refractivity contribution is 0.159. The summed E-state index contributed by atoms with van der Waals surface area (Å²) in [6, 6.07) is 0.186. The minimum absolute atomic E-state index is 0.0720. The Labute approximate surface area is 84.6 Å². The van der Waals surface area contributed by atoms with Crippen molar-refractivity contribution in [2.75, 3.05) is 11.5 Å². The zero-order chi connectivity index (χ0) is 10.2. The van der Waals surface area contributed by atoms with Crippen molar-refractivity contribution in [1.29, 1.82) is 0 Å². The van der Waals surface area contributed by atoms with Crippen molar-refractivity contribution < 1.29 is 13.5 Å². The fraction of sp³-hybridized carbons (Fsp3) is 1.00. The van der Waals surface area contributed by atoms with Crippen LogP contribution < -0.4 is 5.32 Å². The molecule has 0 amide bonds. The first-order valence-electron chi connectivity index (χ1n) is 5.21. The molecule has 1 unspecified atom stereocenters. The maximum Gasteiger partial charge on any atom is 0.154 e. The second-order valence-corrected chi connectivity index (χ2v) is 6.55. The molecule has 1 saturated carbocycles. The Morgan fingerprint density at radius 3 is 2.29 bits per heavy atom. The van der Waals surface area contributed by atoms with E-state index in [2.05, 4.69) is 5.32 Å². The molecule has 2 fully saturated rings. The van der Waals surface area contributed by atoms with Crippen LogP contribution in [0, 0.1) is 0 Å². The Kier molecular flexibility index (Phi) is 2.81. The van der Waals surface area contributed by atoms with E-state index in [4.69, 9.17) is 0 Å². The number of nitrogens with one attached hydrogen (secondary N) is 1. The molecule has 2 atom stereocenters. The van der Waals surface area contributed by atoms with E-state index in [0.717, 1.165) is 12.8 Å².